The Hall–Kier alpha value is 0.880. The predicted molar refractivity (Wildman–Crippen MR) is 97.4 cm³/mol. The van der Waals surface area contributed by atoms with Crippen molar-refractivity contribution in [1.82, 2.24) is 0 Å². The van der Waals surface area contributed by atoms with Gasteiger partial charge in [0.05, 0.1) is 14.5 Å². The van der Waals surface area contributed by atoms with E-state index in [4.69, 9.17) is 11.6 Å². The summed E-state index contributed by atoms with van der Waals surface area (Å²) in [7, 11) is -3.69. The first-order valence-corrected chi connectivity index (χ1v) is 10.7. The Morgan fingerprint density at radius 3 is 2.05 bits per heavy atom. The molecule has 0 atom stereocenters. The molecule has 0 aliphatic rings. The molecule has 1 aromatic heterocycles. The average molecular weight is 589 g/mol. The molecular formula is C10H4Br4ClNO2S2. The van der Waals surface area contributed by atoms with Gasteiger partial charge in [-0.05, 0) is 66.0 Å². The number of nitrogens with one attached hydrogen (secondary N) is 1. The molecule has 1 heterocycles. The maximum absolute atomic E-state index is 12.3. The van der Waals surface area contributed by atoms with Crippen LogP contribution in [0.3, 0.4) is 0 Å². The zero-order chi connectivity index (χ0) is 15.1. The van der Waals surface area contributed by atoms with Crippen LogP contribution in [0.2, 0.25) is 5.02 Å². The maximum Gasteiger partial charge on any atom is 0.271 e. The molecule has 108 valence electrons. The molecule has 1 N–H and O–H groups in total. The molecule has 0 amide bonds. The largest absolute Gasteiger partial charge is 0.277 e. The van der Waals surface area contributed by atoms with E-state index in [2.05, 4.69) is 68.4 Å². The fourth-order valence-corrected chi connectivity index (χ4v) is 7.50. The lowest BCUT2D eigenvalue weighted by molar-refractivity contribution is 0.603. The summed E-state index contributed by atoms with van der Waals surface area (Å²) in [5.74, 6) is 0. The Kier molecular flexibility index (Phi) is 5.65. The van der Waals surface area contributed by atoms with Crippen molar-refractivity contribution in [3.8, 4) is 0 Å². The molecule has 1 aromatic carbocycles. The lowest BCUT2D eigenvalue weighted by atomic mass is 10.3. The highest BCUT2D eigenvalue weighted by Crippen LogP contribution is 2.38. The van der Waals surface area contributed by atoms with E-state index in [0.29, 0.717) is 23.4 Å². The average Bonchev–Trinajstić information content (AvgIpc) is 2.65. The van der Waals surface area contributed by atoms with Gasteiger partial charge in [0.2, 0.25) is 0 Å². The standard InChI is InChI=1S/C10H4Br4ClNO2S2/c11-4-1-5(12)9(6(13)2-4)16-20(17,18)8-3-7(15)10(14)19-8/h1-3,16H. The van der Waals surface area contributed by atoms with Crippen LogP contribution in [0.4, 0.5) is 5.69 Å². The highest BCUT2D eigenvalue weighted by Gasteiger charge is 2.21. The number of benzene rings is 1. The predicted octanol–water partition coefficient (Wildman–Crippen LogP) is 6.25. The molecule has 0 saturated heterocycles. The first-order chi connectivity index (χ1) is 9.20. The van der Waals surface area contributed by atoms with E-state index in [1.807, 2.05) is 0 Å². The van der Waals surface area contributed by atoms with Crippen molar-refractivity contribution in [2.75, 3.05) is 4.72 Å². The Morgan fingerprint density at radius 1 is 1.05 bits per heavy atom. The maximum atomic E-state index is 12.3. The summed E-state index contributed by atoms with van der Waals surface area (Å²) in [5, 5.41) is 0.365. The van der Waals surface area contributed by atoms with E-state index in [1.165, 1.54) is 6.07 Å². The van der Waals surface area contributed by atoms with Crippen molar-refractivity contribution in [2.45, 2.75) is 4.21 Å². The van der Waals surface area contributed by atoms with Crippen molar-refractivity contribution in [2.24, 2.45) is 0 Å². The molecule has 0 bridgehead atoms. The second-order valence-corrected chi connectivity index (χ2v) is 10.8. The van der Waals surface area contributed by atoms with Gasteiger partial charge in [0.15, 0.2) is 0 Å². The molecule has 20 heavy (non-hydrogen) atoms. The Morgan fingerprint density at radius 2 is 1.60 bits per heavy atom. The van der Waals surface area contributed by atoms with Crippen LogP contribution in [-0.2, 0) is 10.0 Å². The third kappa shape index (κ3) is 3.80. The zero-order valence-corrected chi connectivity index (χ0v) is 18.0. The highest BCUT2D eigenvalue weighted by atomic mass is 79.9. The Balaban J connectivity index is 2.43. The zero-order valence-electron chi connectivity index (χ0n) is 9.25. The topological polar surface area (TPSA) is 46.2 Å². The van der Waals surface area contributed by atoms with Gasteiger partial charge in [0.1, 0.15) is 4.21 Å². The van der Waals surface area contributed by atoms with Crippen LogP contribution in [0.5, 0.6) is 0 Å². The minimum absolute atomic E-state index is 0.135. The minimum atomic E-state index is -3.69. The van der Waals surface area contributed by atoms with Gasteiger partial charge in [0.25, 0.3) is 10.0 Å². The summed E-state index contributed by atoms with van der Waals surface area (Å²) in [6.45, 7) is 0. The smallest absolute Gasteiger partial charge is 0.271 e. The lowest BCUT2D eigenvalue weighted by Crippen LogP contribution is -2.12. The Bertz CT molecular complexity index is 733. The normalized spacial score (nSPS) is 11.7. The number of thiophene rings is 1. The fourth-order valence-electron chi connectivity index (χ4n) is 1.28. The van der Waals surface area contributed by atoms with Gasteiger partial charge >= 0.3 is 0 Å². The summed E-state index contributed by atoms with van der Waals surface area (Å²) in [5.41, 5.74) is 0.425. The molecule has 0 fully saturated rings. The molecular weight excluding hydrogens is 585 g/mol. The SMILES string of the molecule is O=S(=O)(Nc1c(Br)cc(Br)cc1Br)c1cc(Cl)c(Br)s1. The van der Waals surface area contributed by atoms with Gasteiger partial charge in [-0.25, -0.2) is 8.42 Å². The third-order valence-electron chi connectivity index (χ3n) is 2.13. The quantitative estimate of drug-likeness (QED) is 0.460. The summed E-state index contributed by atoms with van der Waals surface area (Å²) in [6.07, 6.45) is 0. The van der Waals surface area contributed by atoms with Crippen molar-refractivity contribution in [1.29, 1.82) is 0 Å². The number of halogens is 5. The number of rotatable bonds is 3. The van der Waals surface area contributed by atoms with Crippen LogP contribution in [0, 0.1) is 0 Å². The number of anilines is 1. The number of hydrogen-bond donors (Lipinski definition) is 1. The molecule has 0 radical (unpaired) electrons. The van der Waals surface area contributed by atoms with Crippen LogP contribution >= 0.6 is 86.7 Å². The first-order valence-electron chi connectivity index (χ1n) is 4.83. The van der Waals surface area contributed by atoms with Crippen LogP contribution < -0.4 is 4.72 Å². The summed E-state index contributed by atoms with van der Waals surface area (Å²) < 4.78 is 29.9. The third-order valence-corrected chi connectivity index (χ3v) is 8.14. The highest BCUT2D eigenvalue weighted by molar-refractivity contribution is 9.12. The van der Waals surface area contributed by atoms with Gasteiger partial charge in [-0.2, -0.15) is 0 Å². The van der Waals surface area contributed by atoms with Crippen LogP contribution in [0.25, 0.3) is 0 Å². The first kappa shape index (κ1) is 17.2. The minimum Gasteiger partial charge on any atom is -0.277 e. The second-order valence-electron chi connectivity index (χ2n) is 3.54. The van der Waals surface area contributed by atoms with E-state index in [1.54, 1.807) is 12.1 Å². The summed E-state index contributed by atoms with van der Waals surface area (Å²) in [6, 6.07) is 4.90. The fraction of sp³-hybridized carbons (Fsp3) is 0. The van der Waals surface area contributed by atoms with E-state index in [9.17, 15) is 8.42 Å². The molecule has 0 unspecified atom stereocenters. The number of hydrogen-bond acceptors (Lipinski definition) is 3. The van der Waals surface area contributed by atoms with Gasteiger partial charge in [0, 0.05) is 13.4 Å². The van der Waals surface area contributed by atoms with Crippen LogP contribution in [-0.4, -0.2) is 8.42 Å². The van der Waals surface area contributed by atoms with Crippen molar-refractivity contribution in [3.05, 3.63) is 40.4 Å². The van der Waals surface area contributed by atoms with Crippen LogP contribution in [0.1, 0.15) is 0 Å². The van der Waals surface area contributed by atoms with Crippen molar-refractivity contribution >= 4 is 102 Å². The van der Waals surface area contributed by atoms with Crippen LogP contribution in [0.15, 0.2) is 39.6 Å². The molecule has 0 spiro atoms. The lowest BCUT2D eigenvalue weighted by Gasteiger charge is -2.11. The molecule has 2 rings (SSSR count). The van der Waals surface area contributed by atoms with Crippen molar-refractivity contribution < 1.29 is 8.42 Å². The summed E-state index contributed by atoms with van der Waals surface area (Å²) in [4.78, 5) is 0. The monoisotopic (exact) mass is 585 g/mol. The van der Waals surface area contributed by atoms with Gasteiger partial charge in [-0.3, -0.25) is 4.72 Å². The van der Waals surface area contributed by atoms with Gasteiger partial charge < -0.3 is 0 Å². The van der Waals surface area contributed by atoms with Gasteiger partial charge in [-0.1, -0.05) is 27.5 Å². The number of sulfonamides is 1. The second kappa shape index (κ2) is 6.55. The molecule has 3 nitrogen and oxygen atoms in total. The Labute approximate surface area is 158 Å². The van der Waals surface area contributed by atoms with E-state index < -0.39 is 10.0 Å². The van der Waals surface area contributed by atoms with E-state index in [-0.39, 0.29) is 4.21 Å². The summed E-state index contributed by atoms with van der Waals surface area (Å²) >= 11 is 20.1. The molecule has 0 saturated carbocycles. The van der Waals surface area contributed by atoms with Crippen molar-refractivity contribution in [3.63, 3.8) is 0 Å². The molecule has 10 heteroatoms. The molecule has 0 aliphatic carbocycles. The van der Waals surface area contributed by atoms with E-state index in [0.717, 1.165) is 15.8 Å². The molecule has 2 aromatic rings. The molecule has 0 aliphatic heterocycles. The van der Waals surface area contributed by atoms with Gasteiger partial charge in [-0.15, -0.1) is 11.3 Å². The van der Waals surface area contributed by atoms with E-state index >= 15 is 0 Å².